The molecule has 1 heterocycles. The van der Waals surface area contributed by atoms with Gasteiger partial charge in [-0.05, 0) is 24.5 Å². The van der Waals surface area contributed by atoms with Crippen LogP contribution in [0.3, 0.4) is 0 Å². The number of aliphatic carboxylic acids is 1. The summed E-state index contributed by atoms with van der Waals surface area (Å²) in [6.07, 6.45) is 11.4. The van der Waals surface area contributed by atoms with E-state index >= 15 is 0 Å². The predicted octanol–water partition coefficient (Wildman–Crippen LogP) is 3.86. The number of nitrogens with zero attached hydrogens (tertiary/aromatic N) is 1. The smallest absolute Gasteiger partial charge is 0.328 e. The fourth-order valence-electron chi connectivity index (χ4n) is 3.09. The Bertz CT molecular complexity index is 859. The molecule has 0 saturated carbocycles. The molecule has 2 aliphatic rings. The molecule has 5 heteroatoms. The molecular weight excluding hydrogens is 330 g/mol. The van der Waals surface area contributed by atoms with Crippen LogP contribution in [0.1, 0.15) is 24.8 Å². The van der Waals surface area contributed by atoms with Crippen LogP contribution in [-0.2, 0) is 14.3 Å². The van der Waals surface area contributed by atoms with Crippen LogP contribution >= 0.6 is 0 Å². The molecule has 1 aliphatic carbocycles. The summed E-state index contributed by atoms with van der Waals surface area (Å²) < 4.78 is 5.70. The van der Waals surface area contributed by atoms with Crippen molar-refractivity contribution in [1.82, 2.24) is 4.90 Å². The second-order valence-electron chi connectivity index (χ2n) is 6.01. The minimum Gasteiger partial charge on any atom is -0.478 e. The van der Waals surface area contributed by atoms with Gasteiger partial charge < -0.3 is 9.84 Å². The van der Waals surface area contributed by atoms with Gasteiger partial charge in [0, 0.05) is 29.8 Å². The fraction of sp³-hybridized carbons (Fsp3) is 0.143. The summed E-state index contributed by atoms with van der Waals surface area (Å²) >= 11 is 0. The molecule has 0 aromatic heterocycles. The summed E-state index contributed by atoms with van der Waals surface area (Å²) in [7, 11) is 0. The van der Waals surface area contributed by atoms with Crippen molar-refractivity contribution in [1.29, 1.82) is 0 Å². The number of amides is 1. The Labute approximate surface area is 151 Å². The summed E-state index contributed by atoms with van der Waals surface area (Å²) in [5, 5.41) is 8.68. The van der Waals surface area contributed by atoms with Gasteiger partial charge in [-0.3, -0.25) is 9.69 Å². The highest BCUT2D eigenvalue weighted by atomic mass is 16.5. The summed E-state index contributed by atoms with van der Waals surface area (Å²) in [5.41, 5.74) is 3.26. The van der Waals surface area contributed by atoms with Crippen molar-refractivity contribution in [3.05, 3.63) is 95.8 Å². The van der Waals surface area contributed by atoms with Gasteiger partial charge in [0.15, 0.2) is 0 Å². The van der Waals surface area contributed by atoms with Gasteiger partial charge >= 0.3 is 5.97 Å². The summed E-state index contributed by atoms with van der Waals surface area (Å²) in [5.74, 6) is -0.907. The van der Waals surface area contributed by atoms with Crippen LogP contribution < -0.4 is 0 Å². The third-order valence-corrected chi connectivity index (χ3v) is 4.28. The quantitative estimate of drug-likeness (QED) is 0.838. The minimum absolute atomic E-state index is 0.130. The number of rotatable bonds is 4. The Kier molecular flexibility index (Phi) is 5.17. The normalized spacial score (nSPS) is 19.5. The maximum atomic E-state index is 12.2. The van der Waals surface area contributed by atoms with Crippen molar-refractivity contribution in [2.75, 3.05) is 0 Å². The van der Waals surface area contributed by atoms with Crippen LogP contribution in [0.2, 0.25) is 0 Å². The second-order valence-corrected chi connectivity index (χ2v) is 6.01. The van der Waals surface area contributed by atoms with Crippen molar-refractivity contribution in [2.45, 2.75) is 19.3 Å². The highest BCUT2D eigenvalue weighted by Gasteiger charge is 2.26. The lowest BCUT2D eigenvalue weighted by molar-refractivity contribution is -0.132. The molecule has 1 unspecified atom stereocenters. The van der Waals surface area contributed by atoms with Gasteiger partial charge in [0.25, 0.3) is 5.91 Å². The number of benzene rings is 1. The van der Waals surface area contributed by atoms with E-state index in [2.05, 4.69) is 18.2 Å². The molecule has 3 rings (SSSR count). The Balaban J connectivity index is 1.93. The van der Waals surface area contributed by atoms with Crippen LogP contribution in [-0.4, -0.2) is 21.9 Å². The van der Waals surface area contributed by atoms with Crippen LogP contribution in [0, 0.1) is 0 Å². The Morgan fingerprint density at radius 2 is 2.00 bits per heavy atom. The number of carboxylic acids is 1. The zero-order valence-electron chi connectivity index (χ0n) is 14.3. The van der Waals surface area contributed by atoms with Crippen LogP contribution in [0.15, 0.2) is 90.2 Å². The topological polar surface area (TPSA) is 66.8 Å². The molecule has 1 atom stereocenters. The zero-order chi connectivity index (χ0) is 18.5. The van der Waals surface area contributed by atoms with E-state index in [1.165, 1.54) is 22.9 Å². The molecule has 1 N–H and O–H groups in total. The number of hydrogen-bond acceptors (Lipinski definition) is 3. The van der Waals surface area contributed by atoms with E-state index in [1.54, 1.807) is 6.20 Å². The van der Waals surface area contributed by atoms with Crippen molar-refractivity contribution in [3.8, 4) is 0 Å². The van der Waals surface area contributed by atoms with Gasteiger partial charge in [0.1, 0.15) is 12.0 Å². The summed E-state index contributed by atoms with van der Waals surface area (Å²) in [6, 6.07) is 10.1. The molecule has 1 aliphatic heterocycles. The number of allylic oxidation sites excluding steroid dienone is 4. The minimum atomic E-state index is -1.17. The van der Waals surface area contributed by atoms with E-state index in [1.807, 2.05) is 31.2 Å². The lowest BCUT2D eigenvalue weighted by atomic mass is 9.81. The number of carbonyl (C=O) groups is 2. The van der Waals surface area contributed by atoms with E-state index in [0.29, 0.717) is 5.76 Å². The van der Waals surface area contributed by atoms with Gasteiger partial charge in [0.2, 0.25) is 0 Å². The van der Waals surface area contributed by atoms with E-state index in [0.717, 1.165) is 29.7 Å². The van der Waals surface area contributed by atoms with Gasteiger partial charge in [-0.25, -0.2) is 4.79 Å². The molecule has 0 saturated heterocycles. The third kappa shape index (κ3) is 3.83. The Hall–Kier alpha value is -3.34. The molecule has 0 fully saturated rings. The first-order chi connectivity index (χ1) is 12.6. The SMILES string of the molecule is CC1=C(C2=CN(C(=O)/C=C/C(=O)O)C=CO2)C(c2ccccc2)CC=C1. The van der Waals surface area contributed by atoms with Crippen molar-refractivity contribution in [2.24, 2.45) is 0 Å². The molecule has 1 amide bonds. The maximum absolute atomic E-state index is 12.2. The highest BCUT2D eigenvalue weighted by Crippen LogP contribution is 2.39. The van der Waals surface area contributed by atoms with Crippen LogP contribution in [0.25, 0.3) is 0 Å². The average Bonchev–Trinajstić information content (AvgIpc) is 2.66. The lowest BCUT2D eigenvalue weighted by Crippen LogP contribution is -2.22. The maximum Gasteiger partial charge on any atom is 0.328 e. The Morgan fingerprint density at radius 3 is 2.73 bits per heavy atom. The molecule has 0 bridgehead atoms. The van der Waals surface area contributed by atoms with E-state index < -0.39 is 11.9 Å². The summed E-state index contributed by atoms with van der Waals surface area (Å²) in [4.78, 5) is 24.1. The number of ether oxygens (including phenoxy) is 1. The van der Waals surface area contributed by atoms with Crippen molar-refractivity contribution in [3.63, 3.8) is 0 Å². The first-order valence-corrected chi connectivity index (χ1v) is 8.27. The van der Waals surface area contributed by atoms with E-state index in [4.69, 9.17) is 9.84 Å². The van der Waals surface area contributed by atoms with Crippen molar-refractivity contribution < 1.29 is 19.4 Å². The van der Waals surface area contributed by atoms with Gasteiger partial charge in [-0.15, -0.1) is 0 Å². The largest absolute Gasteiger partial charge is 0.478 e. The van der Waals surface area contributed by atoms with E-state index in [9.17, 15) is 9.59 Å². The molecule has 5 nitrogen and oxygen atoms in total. The molecule has 26 heavy (non-hydrogen) atoms. The van der Waals surface area contributed by atoms with Gasteiger partial charge in [-0.2, -0.15) is 0 Å². The monoisotopic (exact) mass is 349 g/mol. The molecule has 0 spiro atoms. The molecular formula is C21H19NO4. The summed E-state index contributed by atoms with van der Waals surface area (Å²) in [6.45, 7) is 2.01. The molecule has 1 aromatic carbocycles. The van der Waals surface area contributed by atoms with Gasteiger partial charge in [-0.1, -0.05) is 42.5 Å². The first-order valence-electron chi connectivity index (χ1n) is 8.27. The molecule has 1 aromatic rings. The zero-order valence-corrected chi connectivity index (χ0v) is 14.3. The standard InChI is InChI=1S/C21H19NO4/c1-15-6-5-9-17(16-7-3-2-4-8-16)21(15)18-14-22(12-13-26-18)19(23)10-11-20(24)25/h2-8,10-14,17H,9H2,1H3,(H,24,25)/b11-10+. The third-order valence-electron chi connectivity index (χ3n) is 4.28. The Morgan fingerprint density at radius 1 is 1.23 bits per heavy atom. The van der Waals surface area contributed by atoms with Crippen LogP contribution in [0.4, 0.5) is 0 Å². The molecule has 0 radical (unpaired) electrons. The number of hydrogen-bond donors (Lipinski definition) is 1. The van der Waals surface area contributed by atoms with E-state index in [-0.39, 0.29) is 5.92 Å². The second kappa shape index (κ2) is 7.70. The fourth-order valence-corrected chi connectivity index (χ4v) is 3.09. The number of carbonyl (C=O) groups excluding carboxylic acids is 1. The lowest BCUT2D eigenvalue weighted by Gasteiger charge is -2.28. The predicted molar refractivity (Wildman–Crippen MR) is 97.6 cm³/mol. The highest BCUT2D eigenvalue weighted by molar-refractivity contribution is 5.95. The first kappa shape index (κ1) is 17.5. The molecule has 132 valence electrons. The van der Waals surface area contributed by atoms with Gasteiger partial charge in [0.05, 0.1) is 6.20 Å². The number of carboxylic acid groups (broad SMARTS) is 1. The van der Waals surface area contributed by atoms with Crippen molar-refractivity contribution >= 4 is 11.9 Å². The average molecular weight is 349 g/mol. The van der Waals surface area contributed by atoms with Crippen LogP contribution in [0.5, 0.6) is 0 Å².